The zero-order valence-corrected chi connectivity index (χ0v) is 18.4. The molecule has 1 saturated heterocycles. The molecule has 2 amide bonds. The van der Waals surface area contributed by atoms with E-state index >= 15 is 0 Å². The Morgan fingerprint density at radius 3 is 2.56 bits per heavy atom. The Morgan fingerprint density at radius 1 is 1.09 bits per heavy atom. The molecule has 2 N–H and O–H groups in total. The summed E-state index contributed by atoms with van der Waals surface area (Å²) < 4.78 is 1.84. The van der Waals surface area contributed by atoms with Gasteiger partial charge in [-0.2, -0.15) is 9.61 Å². The van der Waals surface area contributed by atoms with Gasteiger partial charge in [0.2, 0.25) is 11.8 Å². The van der Waals surface area contributed by atoms with Crippen LogP contribution in [0.1, 0.15) is 43.4 Å². The molecule has 166 valence electrons. The monoisotopic (exact) mass is 432 g/mol. The molecule has 2 fully saturated rings. The second-order valence-corrected chi connectivity index (χ2v) is 8.87. The average molecular weight is 433 g/mol. The van der Waals surface area contributed by atoms with Crippen LogP contribution in [0.5, 0.6) is 0 Å². The lowest BCUT2D eigenvalue weighted by Gasteiger charge is -2.33. The van der Waals surface area contributed by atoms with E-state index in [4.69, 9.17) is 0 Å². The van der Waals surface area contributed by atoms with Crippen molar-refractivity contribution in [3.8, 4) is 0 Å². The van der Waals surface area contributed by atoms with E-state index in [0.29, 0.717) is 5.82 Å². The van der Waals surface area contributed by atoms with Gasteiger partial charge in [0.25, 0.3) is 0 Å². The van der Waals surface area contributed by atoms with Gasteiger partial charge in [-0.05, 0) is 37.7 Å². The molecule has 2 atom stereocenters. The lowest BCUT2D eigenvalue weighted by atomic mass is 10.1. The van der Waals surface area contributed by atoms with E-state index in [1.807, 2.05) is 41.8 Å². The van der Waals surface area contributed by atoms with Crippen molar-refractivity contribution in [2.75, 3.05) is 23.3 Å². The number of carbonyl (C=O) groups is 2. The van der Waals surface area contributed by atoms with Gasteiger partial charge in [0.05, 0.1) is 5.69 Å². The first-order chi connectivity index (χ1) is 15.5. The number of piperidine rings is 1. The van der Waals surface area contributed by atoms with E-state index in [0.717, 1.165) is 49.5 Å². The number of hydrogen-bond acceptors (Lipinski definition) is 5. The van der Waals surface area contributed by atoms with E-state index in [1.165, 1.54) is 5.56 Å². The number of hydrogen-bond donors (Lipinski definition) is 2. The highest BCUT2D eigenvalue weighted by Crippen LogP contribution is 2.47. The van der Waals surface area contributed by atoms with Crippen molar-refractivity contribution in [3.63, 3.8) is 0 Å². The highest BCUT2D eigenvalue weighted by Gasteiger charge is 2.44. The van der Waals surface area contributed by atoms with Crippen LogP contribution in [-0.2, 0) is 9.59 Å². The normalized spacial score (nSPS) is 20.9. The van der Waals surface area contributed by atoms with Crippen molar-refractivity contribution in [1.82, 2.24) is 19.9 Å². The zero-order valence-electron chi connectivity index (χ0n) is 18.4. The van der Waals surface area contributed by atoms with Crippen LogP contribution in [0.3, 0.4) is 0 Å². The van der Waals surface area contributed by atoms with Crippen LogP contribution in [0, 0.1) is 12.8 Å². The standard InChI is InChI=1S/C24H28N6O2/c1-15-12-22-26-21(27-24(32)20-13-19(20)17-6-4-3-5-7-17)14-23(30(22)28-15)29-10-8-18(9-11-29)25-16(2)31/h3-7,12,14,18-20H,8-11,13H2,1-2H3,(H,25,31)(H,26,27,32)/t19-,20+/m0/s1. The summed E-state index contributed by atoms with van der Waals surface area (Å²) in [4.78, 5) is 31.2. The first-order valence-corrected chi connectivity index (χ1v) is 11.2. The third kappa shape index (κ3) is 4.17. The van der Waals surface area contributed by atoms with E-state index in [2.05, 4.69) is 37.7 Å². The van der Waals surface area contributed by atoms with Gasteiger partial charge in [-0.15, -0.1) is 0 Å². The molecule has 3 aromatic rings. The number of anilines is 2. The molecule has 0 radical (unpaired) electrons. The number of nitrogens with zero attached hydrogens (tertiary/aromatic N) is 4. The molecule has 2 aliphatic rings. The maximum atomic E-state index is 12.9. The molecule has 8 heteroatoms. The summed E-state index contributed by atoms with van der Waals surface area (Å²) in [6, 6.07) is 14.2. The van der Waals surface area contributed by atoms with E-state index in [1.54, 1.807) is 6.92 Å². The van der Waals surface area contributed by atoms with Crippen LogP contribution < -0.4 is 15.5 Å². The predicted molar refractivity (Wildman–Crippen MR) is 123 cm³/mol. The summed E-state index contributed by atoms with van der Waals surface area (Å²) in [5.74, 6) is 1.76. The second kappa shape index (κ2) is 8.26. The molecular formula is C24H28N6O2. The zero-order chi connectivity index (χ0) is 22.2. The molecule has 0 spiro atoms. The van der Waals surface area contributed by atoms with Gasteiger partial charge in [-0.3, -0.25) is 9.59 Å². The second-order valence-electron chi connectivity index (χ2n) is 8.87. The van der Waals surface area contributed by atoms with E-state index < -0.39 is 0 Å². The largest absolute Gasteiger partial charge is 0.356 e. The summed E-state index contributed by atoms with van der Waals surface area (Å²) in [6.45, 7) is 5.10. The minimum Gasteiger partial charge on any atom is -0.356 e. The number of carbonyl (C=O) groups excluding carboxylic acids is 2. The molecule has 1 aliphatic heterocycles. The number of benzene rings is 1. The molecule has 8 nitrogen and oxygen atoms in total. The third-order valence-electron chi connectivity index (χ3n) is 6.36. The van der Waals surface area contributed by atoms with Gasteiger partial charge in [0, 0.05) is 44.1 Å². The van der Waals surface area contributed by atoms with Crippen molar-refractivity contribution < 1.29 is 9.59 Å². The van der Waals surface area contributed by atoms with Gasteiger partial charge in [0.15, 0.2) is 5.65 Å². The van der Waals surface area contributed by atoms with E-state index in [-0.39, 0.29) is 29.7 Å². The van der Waals surface area contributed by atoms with Gasteiger partial charge in [0.1, 0.15) is 11.6 Å². The Hall–Kier alpha value is -3.42. The Labute approximate surface area is 187 Å². The van der Waals surface area contributed by atoms with Gasteiger partial charge in [-0.1, -0.05) is 30.3 Å². The van der Waals surface area contributed by atoms with Crippen molar-refractivity contribution in [1.29, 1.82) is 0 Å². The summed E-state index contributed by atoms with van der Waals surface area (Å²) in [5, 5.41) is 10.7. The topological polar surface area (TPSA) is 91.6 Å². The maximum absolute atomic E-state index is 12.9. The fourth-order valence-corrected chi connectivity index (χ4v) is 4.68. The fraction of sp³-hybridized carbons (Fsp3) is 0.417. The summed E-state index contributed by atoms with van der Waals surface area (Å²) in [6.07, 6.45) is 2.60. The predicted octanol–water partition coefficient (Wildman–Crippen LogP) is 2.88. The molecule has 0 unspecified atom stereocenters. The van der Waals surface area contributed by atoms with Crippen LogP contribution in [0.2, 0.25) is 0 Å². The average Bonchev–Trinajstić information content (AvgIpc) is 3.49. The molecule has 1 aromatic carbocycles. The molecule has 3 heterocycles. The summed E-state index contributed by atoms with van der Waals surface area (Å²) in [7, 11) is 0. The summed E-state index contributed by atoms with van der Waals surface area (Å²) >= 11 is 0. The van der Waals surface area contributed by atoms with Gasteiger partial charge in [-0.25, -0.2) is 4.98 Å². The van der Waals surface area contributed by atoms with Gasteiger partial charge >= 0.3 is 0 Å². The molecule has 1 saturated carbocycles. The summed E-state index contributed by atoms with van der Waals surface area (Å²) in [5.41, 5.74) is 2.81. The quantitative estimate of drug-likeness (QED) is 0.647. The van der Waals surface area contributed by atoms with Crippen molar-refractivity contribution in [2.45, 2.75) is 45.1 Å². The SMILES string of the molecule is CC(=O)NC1CCN(c2cc(NC(=O)[C@@H]3C[C@H]3c3ccccc3)nc3cc(C)nn23)CC1. The number of aryl methyl sites for hydroxylation is 1. The third-order valence-corrected chi connectivity index (χ3v) is 6.36. The van der Waals surface area contributed by atoms with Crippen LogP contribution in [0.4, 0.5) is 11.6 Å². The molecular weight excluding hydrogens is 404 g/mol. The van der Waals surface area contributed by atoms with Gasteiger partial charge < -0.3 is 15.5 Å². The van der Waals surface area contributed by atoms with Crippen LogP contribution in [0.15, 0.2) is 42.5 Å². The highest BCUT2D eigenvalue weighted by atomic mass is 16.2. The number of aromatic nitrogens is 3. The number of amides is 2. The number of fused-ring (bicyclic) bond motifs is 1. The molecule has 32 heavy (non-hydrogen) atoms. The van der Waals surface area contributed by atoms with Crippen molar-refractivity contribution >= 4 is 29.1 Å². The first kappa shape index (κ1) is 20.5. The smallest absolute Gasteiger partial charge is 0.229 e. The Kier molecular flexibility index (Phi) is 5.28. The first-order valence-electron chi connectivity index (χ1n) is 11.2. The van der Waals surface area contributed by atoms with Crippen LogP contribution >= 0.6 is 0 Å². The Morgan fingerprint density at radius 2 is 1.84 bits per heavy atom. The van der Waals surface area contributed by atoms with Crippen molar-refractivity contribution in [3.05, 3.63) is 53.7 Å². The maximum Gasteiger partial charge on any atom is 0.229 e. The van der Waals surface area contributed by atoms with E-state index in [9.17, 15) is 9.59 Å². The minimum absolute atomic E-state index is 0.0105. The number of rotatable bonds is 5. The van der Waals surface area contributed by atoms with Crippen LogP contribution in [0.25, 0.3) is 5.65 Å². The molecule has 2 aromatic heterocycles. The number of nitrogens with one attached hydrogen (secondary N) is 2. The molecule has 1 aliphatic carbocycles. The van der Waals surface area contributed by atoms with Crippen molar-refractivity contribution in [2.24, 2.45) is 5.92 Å². The Balaban J connectivity index is 1.34. The fourth-order valence-electron chi connectivity index (χ4n) is 4.68. The lowest BCUT2D eigenvalue weighted by Crippen LogP contribution is -2.44. The minimum atomic E-state index is -0.0149. The molecule has 5 rings (SSSR count). The van der Waals surface area contributed by atoms with Crippen LogP contribution in [-0.4, -0.2) is 45.5 Å². The lowest BCUT2D eigenvalue weighted by molar-refractivity contribution is -0.120. The highest BCUT2D eigenvalue weighted by molar-refractivity contribution is 5.95. The Bertz CT molecular complexity index is 1150. The molecule has 0 bridgehead atoms.